The number of benzene rings is 2. The van der Waals surface area contributed by atoms with Crippen LogP contribution >= 0.6 is 15.9 Å². The predicted molar refractivity (Wildman–Crippen MR) is 91.1 cm³/mol. The van der Waals surface area contributed by atoms with E-state index in [2.05, 4.69) is 21.2 Å². The van der Waals surface area contributed by atoms with Crippen molar-refractivity contribution in [1.29, 1.82) is 0 Å². The van der Waals surface area contributed by atoms with E-state index in [9.17, 15) is 9.59 Å². The van der Waals surface area contributed by atoms with Crippen LogP contribution in [0.3, 0.4) is 0 Å². The second-order valence-electron chi connectivity index (χ2n) is 6.46. The summed E-state index contributed by atoms with van der Waals surface area (Å²) in [7, 11) is 0. The number of hydrogen-bond donors (Lipinski definition) is 1. The molecule has 3 nitrogen and oxygen atoms in total. The van der Waals surface area contributed by atoms with Gasteiger partial charge in [-0.1, -0.05) is 45.0 Å². The Labute approximate surface area is 137 Å². The molecule has 4 heteroatoms. The minimum Gasteiger partial charge on any atom is -0.325 e. The number of amides is 1. The maximum absolute atomic E-state index is 12.5. The van der Waals surface area contributed by atoms with Crippen molar-refractivity contribution < 1.29 is 9.59 Å². The molecule has 0 atom stereocenters. The van der Waals surface area contributed by atoms with Gasteiger partial charge in [-0.2, -0.15) is 0 Å². The quantitative estimate of drug-likeness (QED) is 0.689. The van der Waals surface area contributed by atoms with E-state index in [1.165, 1.54) is 0 Å². The molecular weight excluding hydrogens is 342 g/mol. The average Bonchev–Trinajstić information content (AvgIpc) is 2.72. The molecule has 0 heterocycles. The van der Waals surface area contributed by atoms with Gasteiger partial charge in [-0.25, -0.2) is 0 Å². The highest BCUT2D eigenvalue weighted by molar-refractivity contribution is 9.10. The lowest BCUT2D eigenvalue weighted by molar-refractivity contribution is -0.123. The Kier molecular flexibility index (Phi) is 3.44. The highest BCUT2D eigenvalue weighted by atomic mass is 79.9. The molecule has 0 fully saturated rings. The summed E-state index contributed by atoms with van der Waals surface area (Å²) in [5, 5.41) is 2.89. The Morgan fingerprint density at radius 1 is 1.00 bits per heavy atom. The third-order valence-corrected chi connectivity index (χ3v) is 4.40. The molecule has 1 N–H and O–H groups in total. The number of ketones is 1. The normalized spacial score (nSPS) is 12.8. The topological polar surface area (TPSA) is 46.2 Å². The number of carbonyl (C=O) groups is 2. The van der Waals surface area contributed by atoms with E-state index in [0.29, 0.717) is 16.8 Å². The second kappa shape index (κ2) is 5.06. The SMILES string of the molecule is CC(C)(C)C(=O)Nc1cc2c(cc1Br)-c1ccccc1C2=O. The maximum Gasteiger partial charge on any atom is 0.229 e. The molecule has 3 rings (SSSR count). The van der Waals surface area contributed by atoms with Crippen molar-refractivity contribution in [2.24, 2.45) is 5.41 Å². The molecule has 2 aromatic rings. The minimum absolute atomic E-state index is 0.00403. The molecule has 1 aliphatic carbocycles. The first-order valence-electron chi connectivity index (χ1n) is 7.08. The summed E-state index contributed by atoms with van der Waals surface area (Å²) in [6, 6.07) is 11.2. The van der Waals surface area contributed by atoms with Crippen LogP contribution in [0.1, 0.15) is 36.7 Å². The Bertz CT molecular complexity index is 803. The molecule has 1 aliphatic rings. The molecule has 22 heavy (non-hydrogen) atoms. The summed E-state index contributed by atoms with van der Waals surface area (Å²) >= 11 is 3.49. The molecule has 0 bridgehead atoms. The zero-order chi connectivity index (χ0) is 16.1. The zero-order valence-corrected chi connectivity index (χ0v) is 14.2. The van der Waals surface area contributed by atoms with Crippen molar-refractivity contribution in [3.8, 4) is 11.1 Å². The molecule has 1 amide bonds. The fraction of sp³-hybridized carbons (Fsp3) is 0.222. The van der Waals surface area contributed by atoms with Crippen LogP contribution in [0.5, 0.6) is 0 Å². The highest BCUT2D eigenvalue weighted by Gasteiger charge is 2.28. The Hall–Kier alpha value is -1.94. The van der Waals surface area contributed by atoms with Gasteiger partial charge in [-0.3, -0.25) is 9.59 Å². The van der Waals surface area contributed by atoms with Gasteiger partial charge in [-0.15, -0.1) is 0 Å². The molecule has 0 saturated heterocycles. The molecule has 0 spiro atoms. The molecule has 2 aromatic carbocycles. The standard InChI is InChI=1S/C18H16BrNO2/c1-18(2,3)17(22)20-15-9-13-12(8-14(15)19)10-6-4-5-7-11(10)16(13)21/h4-9H,1-3H3,(H,20,22). The van der Waals surface area contributed by atoms with Crippen molar-refractivity contribution in [2.75, 3.05) is 5.32 Å². The number of hydrogen-bond acceptors (Lipinski definition) is 2. The van der Waals surface area contributed by atoms with Crippen LogP contribution in [0.2, 0.25) is 0 Å². The summed E-state index contributed by atoms with van der Waals surface area (Å²) in [6.45, 7) is 5.56. The van der Waals surface area contributed by atoms with E-state index in [-0.39, 0.29) is 11.7 Å². The van der Waals surface area contributed by atoms with Gasteiger partial charge in [0.2, 0.25) is 5.91 Å². The first-order chi connectivity index (χ1) is 10.3. The van der Waals surface area contributed by atoms with E-state index in [4.69, 9.17) is 0 Å². The summed E-state index contributed by atoms with van der Waals surface area (Å²) < 4.78 is 0.772. The van der Waals surface area contributed by atoms with Crippen LogP contribution in [0.15, 0.2) is 40.9 Å². The van der Waals surface area contributed by atoms with Crippen LogP contribution < -0.4 is 5.32 Å². The van der Waals surface area contributed by atoms with Crippen molar-refractivity contribution in [3.05, 3.63) is 52.0 Å². The monoisotopic (exact) mass is 357 g/mol. The van der Waals surface area contributed by atoms with Gasteiger partial charge in [-0.05, 0) is 39.2 Å². The van der Waals surface area contributed by atoms with Crippen molar-refractivity contribution in [3.63, 3.8) is 0 Å². The maximum atomic E-state index is 12.5. The lowest BCUT2D eigenvalue weighted by atomic mass is 9.95. The van der Waals surface area contributed by atoms with Gasteiger partial charge in [0.25, 0.3) is 0 Å². The van der Waals surface area contributed by atoms with Crippen molar-refractivity contribution in [1.82, 2.24) is 0 Å². The molecule has 0 aromatic heterocycles. The number of nitrogens with one attached hydrogen (secondary N) is 1. The number of anilines is 1. The smallest absolute Gasteiger partial charge is 0.229 e. The molecule has 112 valence electrons. The number of halogens is 1. The van der Waals surface area contributed by atoms with E-state index < -0.39 is 5.41 Å². The minimum atomic E-state index is -0.495. The highest BCUT2D eigenvalue weighted by Crippen LogP contribution is 2.41. The van der Waals surface area contributed by atoms with Crippen molar-refractivity contribution in [2.45, 2.75) is 20.8 Å². The number of rotatable bonds is 1. The van der Waals surface area contributed by atoms with Crippen LogP contribution in [0.4, 0.5) is 5.69 Å². The molecule has 0 unspecified atom stereocenters. The van der Waals surface area contributed by atoms with E-state index in [1.54, 1.807) is 6.07 Å². The summed E-state index contributed by atoms with van der Waals surface area (Å²) in [5.74, 6) is -0.0829. The van der Waals surface area contributed by atoms with Crippen LogP contribution in [-0.4, -0.2) is 11.7 Å². The Morgan fingerprint density at radius 2 is 1.64 bits per heavy atom. The fourth-order valence-corrected chi connectivity index (χ4v) is 2.89. The predicted octanol–water partition coefficient (Wildman–Crippen LogP) is 4.65. The fourth-order valence-electron chi connectivity index (χ4n) is 2.45. The van der Waals surface area contributed by atoms with Crippen LogP contribution in [0.25, 0.3) is 11.1 Å². The number of fused-ring (bicyclic) bond motifs is 3. The lowest BCUT2D eigenvalue weighted by Crippen LogP contribution is -2.27. The third kappa shape index (κ3) is 2.37. The molecule has 0 aliphatic heterocycles. The van der Waals surface area contributed by atoms with Gasteiger partial charge in [0.05, 0.1) is 5.69 Å². The van der Waals surface area contributed by atoms with E-state index >= 15 is 0 Å². The summed E-state index contributed by atoms with van der Waals surface area (Å²) in [5.41, 5.74) is 3.32. The number of carbonyl (C=O) groups excluding carboxylic acids is 2. The largest absolute Gasteiger partial charge is 0.325 e. The van der Waals surface area contributed by atoms with Crippen LogP contribution in [-0.2, 0) is 4.79 Å². The first-order valence-corrected chi connectivity index (χ1v) is 7.87. The Balaban J connectivity index is 2.06. The van der Waals surface area contributed by atoms with Crippen LogP contribution in [0, 0.1) is 5.41 Å². The van der Waals surface area contributed by atoms with Gasteiger partial charge < -0.3 is 5.32 Å². The molecule has 0 saturated carbocycles. The molecular formula is C18H16BrNO2. The first kappa shape index (κ1) is 15.0. The molecule has 0 radical (unpaired) electrons. The Morgan fingerprint density at radius 3 is 2.27 bits per heavy atom. The second-order valence-corrected chi connectivity index (χ2v) is 7.31. The van der Waals surface area contributed by atoms with Crippen molar-refractivity contribution >= 4 is 33.3 Å². The lowest BCUT2D eigenvalue weighted by Gasteiger charge is -2.19. The van der Waals surface area contributed by atoms with Gasteiger partial charge in [0.15, 0.2) is 5.78 Å². The van der Waals surface area contributed by atoms with E-state index in [0.717, 1.165) is 15.6 Å². The zero-order valence-electron chi connectivity index (χ0n) is 12.7. The van der Waals surface area contributed by atoms with Gasteiger partial charge in [0.1, 0.15) is 0 Å². The van der Waals surface area contributed by atoms with Gasteiger partial charge in [0, 0.05) is 21.0 Å². The third-order valence-electron chi connectivity index (χ3n) is 3.74. The summed E-state index contributed by atoms with van der Waals surface area (Å²) in [4.78, 5) is 24.7. The van der Waals surface area contributed by atoms with Gasteiger partial charge >= 0.3 is 0 Å². The van der Waals surface area contributed by atoms with E-state index in [1.807, 2.05) is 51.1 Å². The summed E-state index contributed by atoms with van der Waals surface area (Å²) in [6.07, 6.45) is 0. The average molecular weight is 358 g/mol.